The highest BCUT2D eigenvalue weighted by atomic mass is 16.3. The van der Waals surface area contributed by atoms with E-state index in [-0.39, 0.29) is 12.2 Å². The SMILES string of the molecule is Cn1cc(N)c(=O)n(CCC(C)(C)O)c1=O. The van der Waals surface area contributed by atoms with Gasteiger partial charge in [0.15, 0.2) is 0 Å². The zero-order chi connectivity index (χ0) is 12.5. The summed E-state index contributed by atoms with van der Waals surface area (Å²) in [6.45, 7) is 3.39. The molecule has 0 saturated heterocycles. The van der Waals surface area contributed by atoms with E-state index in [1.54, 1.807) is 13.8 Å². The molecule has 0 radical (unpaired) electrons. The van der Waals surface area contributed by atoms with Crippen LogP contribution in [0.15, 0.2) is 15.8 Å². The summed E-state index contributed by atoms with van der Waals surface area (Å²) in [5.74, 6) is 0. The van der Waals surface area contributed by atoms with Crippen LogP contribution in [0.25, 0.3) is 0 Å². The quantitative estimate of drug-likeness (QED) is 0.713. The summed E-state index contributed by atoms with van der Waals surface area (Å²) in [4.78, 5) is 23.2. The number of nitrogens with zero attached hydrogens (tertiary/aromatic N) is 2. The summed E-state index contributed by atoms with van der Waals surface area (Å²) in [5.41, 5.74) is 3.64. The Morgan fingerprint density at radius 2 is 2.00 bits per heavy atom. The van der Waals surface area contributed by atoms with Gasteiger partial charge < -0.3 is 15.4 Å². The summed E-state index contributed by atoms with van der Waals surface area (Å²) in [6.07, 6.45) is 1.61. The second-order valence-corrected chi connectivity index (χ2v) is 4.50. The van der Waals surface area contributed by atoms with Crippen molar-refractivity contribution in [2.45, 2.75) is 32.4 Å². The second-order valence-electron chi connectivity index (χ2n) is 4.50. The lowest BCUT2D eigenvalue weighted by Gasteiger charge is -2.17. The van der Waals surface area contributed by atoms with Crippen molar-refractivity contribution in [2.24, 2.45) is 7.05 Å². The predicted molar refractivity (Wildman–Crippen MR) is 61.3 cm³/mol. The van der Waals surface area contributed by atoms with Gasteiger partial charge in [0.1, 0.15) is 5.69 Å². The molecule has 0 bridgehead atoms. The largest absolute Gasteiger partial charge is 0.393 e. The lowest BCUT2D eigenvalue weighted by atomic mass is 10.1. The molecule has 1 aromatic heterocycles. The average Bonchev–Trinajstić information content (AvgIpc) is 2.13. The van der Waals surface area contributed by atoms with Gasteiger partial charge in [-0.25, -0.2) is 4.79 Å². The Balaban J connectivity index is 3.14. The molecule has 6 nitrogen and oxygen atoms in total. The van der Waals surface area contributed by atoms with E-state index < -0.39 is 16.9 Å². The van der Waals surface area contributed by atoms with Crippen molar-refractivity contribution in [3.05, 3.63) is 27.0 Å². The molecule has 0 atom stereocenters. The van der Waals surface area contributed by atoms with E-state index in [1.165, 1.54) is 17.8 Å². The van der Waals surface area contributed by atoms with E-state index in [0.717, 1.165) is 4.57 Å². The topological polar surface area (TPSA) is 90.2 Å². The smallest absolute Gasteiger partial charge is 0.330 e. The molecular weight excluding hydrogens is 210 g/mol. The monoisotopic (exact) mass is 227 g/mol. The van der Waals surface area contributed by atoms with Crippen molar-refractivity contribution in [1.82, 2.24) is 9.13 Å². The average molecular weight is 227 g/mol. The Morgan fingerprint density at radius 3 is 2.50 bits per heavy atom. The van der Waals surface area contributed by atoms with Gasteiger partial charge in [-0.2, -0.15) is 0 Å². The zero-order valence-corrected chi connectivity index (χ0v) is 9.73. The minimum Gasteiger partial charge on any atom is -0.393 e. The van der Waals surface area contributed by atoms with E-state index in [4.69, 9.17) is 5.73 Å². The molecule has 90 valence electrons. The maximum atomic E-state index is 11.6. The van der Waals surface area contributed by atoms with Crippen LogP contribution in [-0.2, 0) is 13.6 Å². The fourth-order valence-electron chi connectivity index (χ4n) is 1.33. The molecular formula is C10H17N3O3. The standard InChI is InChI=1S/C10H17N3O3/c1-10(2,16)4-5-13-8(14)7(11)6-12(3)9(13)15/h6,16H,4-5,11H2,1-3H3. The van der Waals surface area contributed by atoms with Crippen molar-refractivity contribution >= 4 is 5.69 Å². The molecule has 0 aliphatic heterocycles. The molecule has 1 rings (SSSR count). The summed E-state index contributed by atoms with van der Waals surface area (Å²) in [6, 6.07) is 0. The van der Waals surface area contributed by atoms with Crippen molar-refractivity contribution in [2.75, 3.05) is 5.73 Å². The minimum absolute atomic E-state index is 0.0258. The normalized spacial score (nSPS) is 11.8. The lowest BCUT2D eigenvalue weighted by molar-refractivity contribution is 0.0654. The molecule has 0 aliphatic rings. The Hall–Kier alpha value is -1.56. The number of aromatic nitrogens is 2. The van der Waals surface area contributed by atoms with Gasteiger partial charge in [-0.05, 0) is 20.3 Å². The van der Waals surface area contributed by atoms with Crippen LogP contribution in [-0.4, -0.2) is 19.8 Å². The van der Waals surface area contributed by atoms with Gasteiger partial charge in [-0.1, -0.05) is 0 Å². The van der Waals surface area contributed by atoms with Crippen LogP contribution in [0.2, 0.25) is 0 Å². The molecule has 0 unspecified atom stereocenters. The zero-order valence-electron chi connectivity index (χ0n) is 9.73. The second kappa shape index (κ2) is 4.13. The van der Waals surface area contributed by atoms with Crippen LogP contribution >= 0.6 is 0 Å². The first-order valence-electron chi connectivity index (χ1n) is 5.01. The molecule has 3 N–H and O–H groups in total. The fourth-order valence-corrected chi connectivity index (χ4v) is 1.33. The minimum atomic E-state index is -0.922. The molecule has 1 aromatic rings. The van der Waals surface area contributed by atoms with Gasteiger partial charge >= 0.3 is 5.69 Å². The van der Waals surface area contributed by atoms with E-state index in [2.05, 4.69) is 0 Å². The Morgan fingerprint density at radius 1 is 1.44 bits per heavy atom. The van der Waals surface area contributed by atoms with Gasteiger partial charge in [0.2, 0.25) is 0 Å². The fraction of sp³-hybridized carbons (Fsp3) is 0.600. The van der Waals surface area contributed by atoms with E-state index in [9.17, 15) is 14.7 Å². The Labute approximate surface area is 92.9 Å². The van der Waals surface area contributed by atoms with E-state index >= 15 is 0 Å². The maximum Gasteiger partial charge on any atom is 0.330 e. The number of nitrogen functional groups attached to an aromatic ring is 1. The highest BCUT2D eigenvalue weighted by molar-refractivity contribution is 5.30. The van der Waals surface area contributed by atoms with Crippen molar-refractivity contribution in [3.8, 4) is 0 Å². The molecule has 0 fully saturated rings. The first-order chi connectivity index (χ1) is 7.22. The number of aryl methyl sites for hydroxylation is 1. The highest BCUT2D eigenvalue weighted by Crippen LogP contribution is 2.07. The first kappa shape index (κ1) is 12.5. The molecule has 0 aromatic carbocycles. The number of hydrogen-bond acceptors (Lipinski definition) is 4. The molecule has 0 spiro atoms. The van der Waals surface area contributed by atoms with Crippen LogP contribution in [0, 0.1) is 0 Å². The van der Waals surface area contributed by atoms with Crippen LogP contribution in [0.5, 0.6) is 0 Å². The first-order valence-corrected chi connectivity index (χ1v) is 5.01. The van der Waals surface area contributed by atoms with Crippen LogP contribution in [0.1, 0.15) is 20.3 Å². The summed E-state index contributed by atoms with van der Waals surface area (Å²) in [5, 5.41) is 9.54. The van der Waals surface area contributed by atoms with Crippen LogP contribution < -0.4 is 17.0 Å². The van der Waals surface area contributed by atoms with Crippen LogP contribution in [0.3, 0.4) is 0 Å². The lowest BCUT2D eigenvalue weighted by Crippen LogP contribution is -2.41. The van der Waals surface area contributed by atoms with E-state index in [0.29, 0.717) is 6.42 Å². The third-order valence-electron chi connectivity index (χ3n) is 2.30. The summed E-state index contributed by atoms with van der Waals surface area (Å²) < 4.78 is 2.29. The molecule has 0 amide bonds. The van der Waals surface area contributed by atoms with Crippen molar-refractivity contribution in [3.63, 3.8) is 0 Å². The third kappa shape index (κ3) is 2.73. The van der Waals surface area contributed by atoms with Gasteiger partial charge in [0.25, 0.3) is 5.56 Å². The number of hydrogen-bond donors (Lipinski definition) is 2. The molecule has 16 heavy (non-hydrogen) atoms. The molecule has 1 heterocycles. The maximum absolute atomic E-state index is 11.6. The third-order valence-corrected chi connectivity index (χ3v) is 2.30. The molecule has 0 aliphatic carbocycles. The number of nitrogens with two attached hydrogens (primary N) is 1. The summed E-state index contributed by atoms with van der Waals surface area (Å²) in [7, 11) is 1.53. The van der Waals surface area contributed by atoms with Crippen molar-refractivity contribution in [1.29, 1.82) is 0 Å². The Bertz CT molecular complexity index is 459. The highest BCUT2D eigenvalue weighted by Gasteiger charge is 2.15. The van der Waals surface area contributed by atoms with Crippen LogP contribution in [0.4, 0.5) is 5.69 Å². The van der Waals surface area contributed by atoms with Gasteiger partial charge in [0.05, 0.1) is 5.60 Å². The number of aliphatic hydroxyl groups is 1. The number of anilines is 1. The van der Waals surface area contributed by atoms with Crippen molar-refractivity contribution < 1.29 is 5.11 Å². The van der Waals surface area contributed by atoms with Gasteiger partial charge in [-0.3, -0.25) is 9.36 Å². The predicted octanol–water partition coefficient (Wildman–Crippen LogP) is -0.710. The van der Waals surface area contributed by atoms with E-state index in [1.807, 2.05) is 0 Å². The Kier molecular flexibility index (Phi) is 3.23. The summed E-state index contributed by atoms with van der Waals surface area (Å²) >= 11 is 0. The molecule has 0 saturated carbocycles. The molecule has 6 heteroatoms. The van der Waals surface area contributed by atoms with Gasteiger partial charge in [0, 0.05) is 19.8 Å². The number of rotatable bonds is 3. The van der Waals surface area contributed by atoms with Gasteiger partial charge in [-0.15, -0.1) is 0 Å².